The molecule has 0 aromatic rings. The van der Waals surface area contributed by atoms with Crippen LogP contribution < -0.4 is 0 Å². The van der Waals surface area contributed by atoms with Gasteiger partial charge in [-0.1, -0.05) is 30.8 Å². The van der Waals surface area contributed by atoms with Crippen molar-refractivity contribution >= 4 is 11.6 Å². The van der Waals surface area contributed by atoms with E-state index in [4.69, 9.17) is 11.6 Å². The van der Waals surface area contributed by atoms with Crippen molar-refractivity contribution in [2.75, 3.05) is 7.05 Å². The van der Waals surface area contributed by atoms with E-state index in [1.807, 2.05) is 37.2 Å². The summed E-state index contributed by atoms with van der Waals surface area (Å²) in [5, 5.41) is 0.577. The Balaban J connectivity index is 3.08. The van der Waals surface area contributed by atoms with Crippen molar-refractivity contribution in [3.05, 3.63) is 59.0 Å². The lowest BCUT2D eigenvalue weighted by atomic mass is 10.0. The molecule has 1 rings (SSSR count). The average Bonchev–Trinajstić information content (AvgIpc) is 2.18. The van der Waals surface area contributed by atoms with Crippen LogP contribution in [0, 0.1) is 0 Å². The van der Waals surface area contributed by atoms with Crippen molar-refractivity contribution in [3.63, 3.8) is 0 Å². The van der Waals surface area contributed by atoms with Crippen LogP contribution in [-0.4, -0.2) is 11.9 Å². The summed E-state index contributed by atoms with van der Waals surface area (Å²) >= 11 is 5.82. The Bertz CT molecular complexity index is 397. The summed E-state index contributed by atoms with van der Waals surface area (Å²) in [6.45, 7) is 11.7. The van der Waals surface area contributed by atoms with Gasteiger partial charge in [-0.3, -0.25) is 0 Å². The molecular weight excluding hydrogens is 206 g/mol. The smallest absolute Gasteiger partial charge is 0.0366 e. The summed E-state index contributed by atoms with van der Waals surface area (Å²) in [6.07, 6.45) is 6.07. The van der Waals surface area contributed by atoms with Gasteiger partial charge >= 0.3 is 0 Å². The van der Waals surface area contributed by atoms with E-state index in [0.29, 0.717) is 5.03 Å². The van der Waals surface area contributed by atoms with Gasteiger partial charge in [0, 0.05) is 24.0 Å². The van der Waals surface area contributed by atoms with E-state index in [9.17, 15) is 0 Å². The van der Waals surface area contributed by atoms with Gasteiger partial charge in [0.1, 0.15) is 0 Å². The van der Waals surface area contributed by atoms with E-state index >= 15 is 0 Å². The van der Waals surface area contributed by atoms with Gasteiger partial charge in [0.15, 0.2) is 0 Å². The second kappa shape index (κ2) is 4.54. The van der Waals surface area contributed by atoms with E-state index in [-0.39, 0.29) is 0 Å². The largest absolute Gasteiger partial charge is 0.351 e. The minimum Gasteiger partial charge on any atom is -0.351 e. The van der Waals surface area contributed by atoms with Gasteiger partial charge in [0.05, 0.1) is 0 Å². The molecule has 1 heterocycles. The molecule has 80 valence electrons. The topological polar surface area (TPSA) is 3.24 Å². The number of nitrogens with zero attached hydrogens (tertiary/aromatic N) is 1. The molecule has 0 spiro atoms. The van der Waals surface area contributed by atoms with Crippen molar-refractivity contribution in [2.24, 2.45) is 0 Å². The first-order valence-corrected chi connectivity index (χ1v) is 5.15. The van der Waals surface area contributed by atoms with Crippen LogP contribution in [0.3, 0.4) is 0 Å². The van der Waals surface area contributed by atoms with Crippen LogP contribution in [0.15, 0.2) is 59.0 Å². The van der Waals surface area contributed by atoms with Crippen molar-refractivity contribution in [3.8, 4) is 0 Å². The molecule has 0 aromatic carbocycles. The SMILES string of the molecule is C=C(Cl)/C(C)=C\C1=C(C)C(=C)N(C)C=C1. The molecule has 0 N–H and O–H groups in total. The number of likely N-dealkylation sites (N-methyl/N-ethyl adjacent to an activating group) is 1. The molecule has 0 aliphatic carbocycles. The lowest BCUT2D eigenvalue weighted by Gasteiger charge is -2.23. The molecule has 0 atom stereocenters. The molecular formula is C13H16ClN. The summed E-state index contributed by atoms with van der Waals surface area (Å²) < 4.78 is 0. The highest BCUT2D eigenvalue weighted by molar-refractivity contribution is 6.31. The predicted molar refractivity (Wildman–Crippen MR) is 67.5 cm³/mol. The number of rotatable bonds is 2. The minimum absolute atomic E-state index is 0.577. The molecule has 2 heteroatoms. The summed E-state index contributed by atoms with van der Waals surface area (Å²) in [5.74, 6) is 0. The van der Waals surface area contributed by atoms with E-state index in [1.54, 1.807) is 0 Å². The Morgan fingerprint density at radius 2 is 2.13 bits per heavy atom. The molecule has 1 aliphatic heterocycles. The molecule has 0 amide bonds. The molecule has 0 aromatic heterocycles. The fraction of sp³-hybridized carbons (Fsp3) is 0.231. The van der Waals surface area contributed by atoms with Crippen LogP contribution in [0.2, 0.25) is 0 Å². The second-order valence-electron chi connectivity index (χ2n) is 3.69. The van der Waals surface area contributed by atoms with Gasteiger partial charge in [-0.05, 0) is 36.6 Å². The molecule has 0 fully saturated rings. The third kappa shape index (κ3) is 2.63. The third-order valence-corrected chi connectivity index (χ3v) is 2.87. The van der Waals surface area contributed by atoms with Gasteiger partial charge in [0.25, 0.3) is 0 Å². The van der Waals surface area contributed by atoms with Crippen LogP contribution in [0.1, 0.15) is 13.8 Å². The van der Waals surface area contributed by atoms with Crippen LogP contribution in [0.4, 0.5) is 0 Å². The molecule has 1 aliphatic rings. The quantitative estimate of drug-likeness (QED) is 0.638. The molecule has 1 nitrogen and oxygen atoms in total. The van der Waals surface area contributed by atoms with Crippen LogP contribution in [0.25, 0.3) is 0 Å². The Morgan fingerprint density at radius 3 is 2.67 bits per heavy atom. The van der Waals surface area contributed by atoms with Gasteiger partial charge in [-0.15, -0.1) is 0 Å². The van der Waals surface area contributed by atoms with Crippen molar-refractivity contribution < 1.29 is 0 Å². The van der Waals surface area contributed by atoms with Crippen molar-refractivity contribution in [1.82, 2.24) is 4.90 Å². The first-order valence-electron chi connectivity index (χ1n) is 4.77. The lowest BCUT2D eigenvalue weighted by molar-refractivity contribution is 0.573. The van der Waals surface area contributed by atoms with Crippen LogP contribution in [0.5, 0.6) is 0 Å². The molecule has 0 saturated heterocycles. The first-order chi connectivity index (χ1) is 6.93. The molecule has 0 bridgehead atoms. The molecule has 0 saturated carbocycles. The fourth-order valence-corrected chi connectivity index (χ4v) is 1.36. The Kier molecular flexibility index (Phi) is 3.59. The van der Waals surface area contributed by atoms with Gasteiger partial charge in [-0.25, -0.2) is 0 Å². The van der Waals surface area contributed by atoms with Gasteiger partial charge < -0.3 is 4.90 Å². The average molecular weight is 222 g/mol. The zero-order valence-electron chi connectivity index (χ0n) is 9.47. The third-order valence-electron chi connectivity index (χ3n) is 2.57. The summed E-state index contributed by atoms with van der Waals surface area (Å²) in [7, 11) is 1.98. The zero-order chi connectivity index (χ0) is 11.6. The molecule has 0 unspecified atom stereocenters. The maximum Gasteiger partial charge on any atom is 0.0366 e. The highest BCUT2D eigenvalue weighted by atomic mass is 35.5. The van der Waals surface area contributed by atoms with E-state index in [1.165, 1.54) is 0 Å². The maximum atomic E-state index is 5.82. The monoisotopic (exact) mass is 221 g/mol. The highest BCUT2D eigenvalue weighted by Crippen LogP contribution is 2.25. The van der Waals surface area contributed by atoms with E-state index in [0.717, 1.165) is 22.4 Å². The summed E-state index contributed by atoms with van der Waals surface area (Å²) in [4.78, 5) is 2.00. The first kappa shape index (κ1) is 11.9. The lowest BCUT2D eigenvalue weighted by Crippen LogP contribution is -2.14. The second-order valence-corrected chi connectivity index (χ2v) is 4.14. The number of hydrogen-bond donors (Lipinski definition) is 0. The predicted octanol–water partition coefficient (Wildman–Crippen LogP) is 3.97. The summed E-state index contributed by atoms with van der Waals surface area (Å²) in [5.41, 5.74) is 4.29. The normalized spacial score (nSPS) is 17.5. The Labute approximate surface area is 96.7 Å². The number of hydrogen-bond acceptors (Lipinski definition) is 1. The Morgan fingerprint density at radius 1 is 1.53 bits per heavy atom. The van der Waals surface area contributed by atoms with Crippen molar-refractivity contribution in [2.45, 2.75) is 13.8 Å². The number of halogens is 1. The molecule has 0 radical (unpaired) electrons. The fourth-order valence-electron chi connectivity index (χ4n) is 1.31. The highest BCUT2D eigenvalue weighted by Gasteiger charge is 2.10. The minimum atomic E-state index is 0.577. The summed E-state index contributed by atoms with van der Waals surface area (Å²) in [6, 6.07) is 0. The Hall–Kier alpha value is -1.21. The van der Waals surface area contributed by atoms with E-state index < -0.39 is 0 Å². The van der Waals surface area contributed by atoms with Gasteiger partial charge in [-0.2, -0.15) is 0 Å². The standard InChI is InChI=1S/C13H16ClN/c1-9(11(3)14)8-13-6-7-15(5)12(4)10(13)2/h6-8H,3-4H2,1-2,5H3/b9-8-. The number of allylic oxidation sites excluding steroid dienone is 6. The van der Waals surface area contributed by atoms with Crippen LogP contribution >= 0.6 is 11.6 Å². The maximum absolute atomic E-state index is 5.82. The van der Waals surface area contributed by atoms with Crippen molar-refractivity contribution in [1.29, 1.82) is 0 Å². The van der Waals surface area contributed by atoms with Crippen LogP contribution in [-0.2, 0) is 0 Å². The molecule has 15 heavy (non-hydrogen) atoms. The van der Waals surface area contributed by atoms with Gasteiger partial charge in [0.2, 0.25) is 0 Å². The zero-order valence-corrected chi connectivity index (χ0v) is 10.2. The van der Waals surface area contributed by atoms with E-state index in [2.05, 4.69) is 20.1 Å².